The molecule has 0 aliphatic carbocycles. The van der Waals surface area contributed by atoms with Crippen LogP contribution in [0.15, 0.2) is 34.9 Å². The van der Waals surface area contributed by atoms with Crippen LogP contribution in [0.5, 0.6) is 0 Å². The lowest BCUT2D eigenvalue weighted by Gasteiger charge is -2.10. The highest BCUT2D eigenvalue weighted by atomic mass is 19.4. The van der Waals surface area contributed by atoms with Gasteiger partial charge in [0.05, 0.1) is 5.56 Å². The Morgan fingerprint density at radius 1 is 1.23 bits per heavy atom. The summed E-state index contributed by atoms with van der Waals surface area (Å²) in [5.74, 6) is -0.579. The largest absolute Gasteiger partial charge is 0.481 e. The van der Waals surface area contributed by atoms with Crippen LogP contribution >= 0.6 is 0 Å². The van der Waals surface area contributed by atoms with Crippen LogP contribution in [0.3, 0.4) is 0 Å². The maximum atomic E-state index is 13.0. The first-order valence-corrected chi connectivity index (χ1v) is 6.70. The number of hydrogen-bond acceptors (Lipinski definition) is 3. The van der Waals surface area contributed by atoms with Crippen molar-refractivity contribution in [2.24, 2.45) is 0 Å². The maximum absolute atomic E-state index is 13.0. The van der Waals surface area contributed by atoms with E-state index in [9.17, 15) is 18.0 Å². The van der Waals surface area contributed by atoms with Crippen LogP contribution in [0.2, 0.25) is 0 Å². The first-order chi connectivity index (χ1) is 10.4. The molecule has 2 aromatic rings. The summed E-state index contributed by atoms with van der Waals surface area (Å²) in [5.41, 5.74) is -0.669. The fourth-order valence-electron chi connectivity index (χ4n) is 2.06. The van der Waals surface area contributed by atoms with Crippen molar-refractivity contribution >= 4 is 5.97 Å². The number of oxazole rings is 1. The van der Waals surface area contributed by atoms with Gasteiger partial charge in [-0.2, -0.15) is 13.2 Å². The molecule has 0 radical (unpaired) electrons. The van der Waals surface area contributed by atoms with Gasteiger partial charge in [-0.05, 0) is 18.9 Å². The average Bonchev–Trinajstić information content (AvgIpc) is 2.91. The first kappa shape index (κ1) is 16.1. The van der Waals surface area contributed by atoms with E-state index in [2.05, 4.69) is 4.98 Å². The van der Waals surface area contributed by atoms with Gasteiger partial charge in [-0.15, -0.1) is 0 Å². The molecule has 4 nitrogen and oxygen atoms in total. The molecule has 0 atom stereocenters. The third-order valence-corrected chi connectivity index (χ3v) is 3.09. The number of alkyl halides is 3. The van der Waals surface area contributed by atoms with Crippen LogP contribution in [0.1, 0.15) is 30.7 Å². The fraction of sp³-hybridized carbons (Fsp3) is 0.333. The molecule has 0 amide bonds. The van der Waals surface area contributed by atoms with E-state index in [-0.39, 0.29) is 17.7 Å². The van der Waals surface area contributed by atoms with Crippen molar-refractivity contribution in [1.82, 2.24) is 4.98 Å². The zero-order valence-electron chi connectivity index (χ0n) is 11.6. The number of hydrogen-bond donors (Lipinski definition) is 1. The molecule has 118 valence electrons. The second-order valence-corrected chi connectivity index (χ2v) is 4.77. The quantitative estimate of drug-likeness (QED) is 0.813. The molecule has 0 saturated heterocycles. The Hall–Kier alpha value is -2.31. The molecule has 7 heteroatoms. The second kappa shape index (κ2) is 6.64. The highest BCUT2D eigenvalue weighted by Gasteiger charge is 2.33. The molecule has 1 N–H and O–H groups in total. The van der Waals surface area contributed by atoms with Crippen LogP contribution in [0.4, 0.5) is 13.2 Å². The summed E-state index contributed by atoms with van der Waals surface area (Å²) < 4.78 is 44.0. The Morgan fingerprint density at radius 2 is 1.95 bits per heavy atom. The lowest BCUT2D eigenvalue weighted by molar-refractivity contribution is -0.138. The number of carboxylic acids is 1. The van der Waals surface area contributed by atoms with Crippen LogP contribution in [0, 0.1) is 0 Å². The first-order valence-electron chi connectivity index (χ1n) is 6.70. The zero-order chi connectivity index (χ0) is 16.2. The van der Waals surface area contributed by atoms with Gasteiger partial charge in [0, 0.05) is 18.4 Å². The minimum absolute atomic E-state index is 0.0319. The van der Waals surface area contributed by atoms with Gasteiger partial charge in [-0.25, -0.2) is 4.98 Å². The van der Waals surface area contributed by atoms with E-state index in [4.69, 9.17) is 9.52 Å². The lowest BCUT2D eigenvalue weighted by Crippen LogP contribution is -2.06. The standard InChI is InChI=1S/C15H14F3NO3/c16-15(17,18)11-6-2-1-5-10(11)12-9-22-13(19-12)7-3-4-8-14(20)21/h1-2,5-6,9H,3-4,7-8H2,(H,20,21). The van der Waals surface area contributed by atoms with Gasteiger partial charge in [0.25, 0.3) is 0 Å². The van der Waals surface area contributed by atoms with Crippen molar-refractivity contribution in [3.63, 3.8) is 0 Å². The van der Waals surface area contributed by atoms with Gasteiger partial charge in [-0.3, -0.25) is 4.79 Å². The highest BCUT2D eigenvalue weighted by Crippen LogP contribution is 2.36. The summed E-state index contributed by atoms with van der Waals surface area (Å²) in [4.78, 5) is 14.4. The summed E-state index contributed by atoms with van der Waals surface area (Å²) in [7, 11) is 0. The van der Waals surface area contributed by atoms with Crippen molar-refractivity contribution < 1.29 is 27.5 Å². The topological polar surface area (TPSA) is 63.3 Å². The molecule has 1 heterocycles. The SMILES string of the molecule is O=C(O)CCCCc1nc(-c2ccccc2C(F)(F)F)co1. The average molecular weight is 313 g/mol. The van der Waals surface area contributed by atoms with E-state index in [0.29, 0.717) is 25.2 Å². The molecule has 0 saturated carbocycles. The molecular formula is C15H14F3NO3. The van der Waals surface area contributed by atoms with E-state index in [1.54, 1.807) is 0 Å². The van der Waals surface area contributed by atoms with Gasteiger partial charge < -0.3 is 9.52 Å². The third-order valence-electron chi connectivity index (χ3n) is 3.09. The van der Waals surface area contributed by atoms with Crippen LogP contribution in [-0.2, 0) is 17.4 Å². The Morgan fingerprint density at radius 3 is 2.64 bits per heavy atom. The normalized spacial score (nSPS) is 11.6. The molecule has 0 bridgehead atoms. The van der Waals surface area contributed by atoms with Crippen molar-refractivity contribution in [3.8, 4) is 11.3 Å². The third kappa shape index (κ3) is 4.09. The number of rotatable bonds is 6. The molecule has 2 rings (SSSR count). The molecule has 0 unspecified atom stereocenters. The summed E-state index contributed by atoms with van der Waals surface area (Å²) in [6.45, 7) is 0. The Labute approximate surface area is 124 Å². The fourth-order valence-corrected chi connectivity index (χ4v) is 2.06. The predicted molar refractivity (Wildman–Crippen MR) is 72.1 cm³/mol. The van der Waals surface area contributed by atoms with Crippen molar-refractivity contribution in [2.75, 3.05) is 0 Å². The van der Waals surface area contributed by atoms with Crippen molar-refractivity contribution in [1.29, 1.82) is 0 Å². The van der Waals surface area contributed by atoms with E-state index in [1.165, 1.54) is 24.5 Å². The Balaban J connectivity index is 2.10. The van der Waals surface area contributed by atoms with Gasteiger partial charge >= 0.3 is 12.1 Å². The van der Waals surface area contributed by atoms with E-state index >= 15 is 0 Å². The molecule has 1 aromatic heterocycles. The van der Waals surface area contributed by atoms with Gasteiger partial charge in [0.2, 0.25) is 0 Å². The number of aromatic nitrogens is 1. The highest BCUT2D eigenvalue weighted by molar-refractivity contribution is 5.66. The number of carboxylic acid groups (broad SMARTS) is 1. The summed E-state index contributed by atoms with van der Waals surface area (Å²) in [5, 5.41) is 8.52. The van der Waals surface area contributed by atoms with E-state index in [0.717, 1.165) is 6.07 Å². The number of benzene rings is 1. The second-order valence-electron chi connectivity index (χ2n) is 4.77. The molecule has 0 aliphatic rings. The molecule has 1 aromatic carbocycles. The minimum Gasteiger partial charge on any atom is -0.481 e. The molecular weight excluding hydrogens is 299 g/mol. The van der Waals surface area contributed by atoms with Gasteiger partial charge in [0.15, 0.2) is 5.89 Å². The van der Waals surface area contributed by atoms with Crippen molar-refractivity contribution in [2.45, 2.75) is 31.9 Å². The summed E-state index contributed by atoms with van der Waals surface area (Å²) in [6.07, 6.45) is -1.82. The van der Waals surface area contributed by atoms with E-state index < -0.39 is 17.7 Å². The lowest BCUT2D eigenvalue weighted by atomic mass is 10.1. The number of nitrogens with zero attached hydrogens (tertiary/aromatic N) is 1. The smallest absolute Gasteiger partial charge is 0.417 e. The van der Waals surface area contributed by atoms with Gasteiger partial charge in [-0.1, -0.05) is 18.2 Å². The summed E-state index contributed by atoms with van der Waals surface area (Å²) in [6, 6.07) is 5.16. The van der Waals surface area contributed by atoms with Crippen LogP contribution < -0.4 is 0 Å². The molecule has 0 aliphatic heterocycles. The number of aliphatic carboxylic acids is 1. The summed E-state index contributed by atoms with van der Waals surface area (Å²) >= 11 is 0. The molecule has 22 heavy (non-hydrogen) atoms. The maximum Gasteiger partial charge on any atom is 0.417 e. The Bertz CT molecular complexity index is 649. The molecule has 0 fully saturated rings. The number of unbranched alkanes of at least 4 members (excludes halogenated alkanes) is 1. The predicted octanol–water partition coefficient (Wildman–Crippen LogP) is 4.16. The van der Waals surface area contributed by atoms with Crippen LogP contribution in [0.25, 0.3) is 11.3 Å². The monoisotopic (exact) mass is 313 g/mol. The number of carbonyl (C=O) groups is 1. The molecule has 0 spiro atoms. The van der Waals surface area contributed by atoms with Crippen molar-refractivity contribution in [3.05, 3.63) is 42.0 Å². The number of halogens is 3. The van der Waals surface area contributed by atoms with E-state index in [1.807, 2.05) is 0 Å². The zero-order valence-corrected chi connectivity index (χ0v) is 11.6. The minimum atomic E-state index is -4.46. The number of aryl methyl sites for hydroxylation is 1. The Kier molecular flexibility index (Phi) is 4.85. The van der Waals surface area contributed by atoms with Gasteiger partial charge in [0.1, 0.15) is 12.0 Å². The van der Waals surface area contributed by atoms with Crippen LogP contribution in [-0.4, -0.2) is 16.1 Å².